The number of ether oxygens (including phenoxy) is 2. The summed E-state index contributed by atoms with van der Waals surface area (Å²) in [6.45, 7) is 1.12. The highest BCUT2D eigenvalue weighted by Gasteiger charge is 2.43. The summed E-state index contributed by atoms with van der Waals surface area (Å²) in [6.07, 6.45) is -4.84. The van der Waals surface area contributed by atoms with Crippen LogP contribution in [0.3, 0.4) is 0 Å². The number of piperazine rings is 1. The lowest BCUT2D eigenvalue weighted by molar-refractivity contribution is -0.187. The number of rotatable bonds is 5. The second-order valence-corrected chi connectivity index (χ2v) is 5.50. The average molecular weight is 360 g/mol. The van der Waals surface area contributed by atoms with Crippen LogP contribution in [0.1, 0.15) is 10.4 Å². The molecule has 0 spiro atoms. The molecule has 0 aromatic heterocycles. The molecule has 6 nitrogen and oxygen atoms in total. The van der Waals surface area contributed by atoms with Crippen molar-refractivity contribution in [2.75, 3.05) is 46.4 Å². The maximum Gasteiger partial charge on any atom is 0.471 e. The largest absolute Gasteiger partial charge is 0.497 e. The van der Waals surface area contributed by atoms with E-state index in [1.165, 1.54) is 7.11 Å². The lowest BCUT2D eigenvalue weighted by Crippen LogP contribution is -2.52. The Morgan fingerprint density at radius 2 is 1.84 bits per heavy atom. The summed E-state index contributed by atoms with van der Waals surface area (Å²) in [5.41, 5.74) is 0.361. The SMILES string of the molecule is COc1cccc(C(=O)OCCN2CCN(C(=O)C(F)(F)F)CC2)c1. The normalized spacial score (nSPS) is 15.8. The first-order valence-corrected chi connectivity index (χ1v) is 7.71. The fraction of sp³-hybridized carbons (Fsp3) is 0.500. The highest BCUT2D eigenvalue weighted by molar-refractivity contribution is 5.89. The van der Waals surface area contributed by atoms with E-state index in [9.17, 15) is 22.8 Å². The lowest BCUT2D eigenvalue weighted by Gasteiger charge is -2.34. The van der Waals surface area contributed by atoms with Crippen molar-refractivity contribution < 1.29 is 32.2 Å². The van der Waals surface area contributed by atoms with E-state index >= 15 is 0 Å². The smallest absolute Gasteiger partial charge is 0.471 e. The number of hydrogen-bond acceptors (Lipinski definition) is 5. The number of amides is 1. The minimum Gasteiger partial charge on any atom is -0.497 e. The van der Waals surface area contributed by atoms with Crippen LogP contribution in [0.4, 0.5) is 13.2 Å². The molecule has 1 heterocycles. The van der Waals surface area contributed by atoms with Gasteiger partial charge in [-0.05, 0) is 18.2 Å². The third kappa shape index (κ3) is 5.35. The molecule has 1 aromatic carbocycles. The molecule has 0 bridgehead atoms. The van der Waals surface area contributed by atoms with E-state index < -0.39 is 18.1 Å². The van der Waals surface area contributed by atoms with Crippen molar-refractivity contribution in [1.82, 2.24) is 9.80 Å². The van der Waals surface area contributed by atoms with Gasteiger partial charge >= 0.3 is 18.1 Å². The molecule has 1 aliphatic rings. The number of methoxy groups -OCH3 is 1. The molecule has 0 atom stereocenters. The zero-order chi connectivity index (χ0) is 18.4. The summed E-state index contributed by atoms with van der Waals surface area (Å²) in [5, 5.41) is 0. The van der Waals surface area contributed by atoms with Crippen LogP contribution in [0.5, 0.6) is 5.75 Å². The quantitative estimate of drug-likeness (QED) is 0.746. The molecule has 2 rings (SSSR count). The standard InChI is InChI=1S/C16H19F3N2O4/c1-24-13-4-2-3-12(11-13)14(22)25-10-9-20-5-7-21(8-6-20)15(23)16(17,18)19/h2-4,11H,5-10H2,1H3. The third-order valence-corrected chi connectivity index (χ3v) is 3.85. The molecule has 1 aliphatic heterocycles. The van der Waals surface area contributed by atoms with Gasteiger partial charge in [0.2, 0.25) is 0 Å². The first-order chi connectivity index (χ1) is 11.8. The van der Waals surface area contributed by atoms with E-state index in [1.54, 1.807) is 24.3 Å². The number of alkyl halides is 3. The van der Waals surface area contributed by atoms with E-state index in [0.29, 0.717) is 30.9 Å². The van der Waals surface area contributed by atoms with Gasteiger partial charge in [-0.15, -0.1) is 0 Å². The summed E-state index contributed by atoms with van der Waals surface area (Å²) >= 11 is 0. The van der Waals surface area contributed by atoms with Crippen LogP contribution in [0.15, 0.2) is 24.3 Å². The molecule has 1 saturated heterocycles. The Morgan fingerprint density at radius 1 is 1.16 bits per heavy atom. The molecule has 0 unspecified atom stereocenters. The van der Waals surface area contributed by atoms with Gasteiger partial charge in [0.1, 0.15) is 12.4 Å². The van der Waals surface area contributed by atoms with Crippen molar-refractivity contribution in [3.05, 3.63) is 29.8 Å². The first-order valence-electron chi connectivity index (χ1n) is 7.71. The van der Waals surface area contributed by atoms with Gasteiger partial charge in [-0.3, -0.25) is 9.69 Å². The molecule has 9 heteroatoms. The fourth-order valence-corrected chi connectivity index (χ4v) is 2.45. The monoisotopic (exact) mass is 360 g/mol. The highest BCUT2D eigenvalue weighted by Crippen LogP contribution is 2.19. The Bertz CT molecular complexity index is 614. The maximum absolute atomic E-state index is 12.4. The Hall–Kier alpha value is -2.29. The number of hydrogen-bond donors (Lipinski definition) is 0. The molecule has 138 valence electrons. The minimum atomic E-state index is -4.84. The molecule has 0 aliphatic carbocycles. The van der Waals surface area contributed by atoms with E-state index in [1.807, 2.05) is 4.90 Å². The number of benzene rings is 1. The van der Waals surface area contributed by atoms with Crippen LogP contribution in [-0.4, -0.2) is 74.3 Å². The van der Waals surface area contributed by atoms with Crippen molar-refractivity contribution in [2.24, 2.45) is 0 Å². The van der Waals surface area contributed by atoms with Crippen molar-refractivity contribution in [3.8, 4) is 5.75 Å². The predicted octanol–water partition coefficient (Wildman–Crippen LogP) is 1.56. The summed E-state index contributed by atoms with van der Waals surface area (Å²) in [6, 6.07) is 6.54. The molecule has 1 amide bonds. The van der Waals surface area contributed by atoms with Crippen LogP contribution in [0, 0.1) is 0 Å². The summed E-state index contributed by atoms with van der Waals surface area (Å²) < 4.78 is 47.3. The lowest BCUT2D eigenvalue weighted by atomic mass is 10.2. The van der Waals surface area contributed by atoms with Gasteiger partial charge in [-0.2, -0.15) is 13.2 Å². The van der Waals surface area contributed by atoms with Gasteiger partial charge in [0, 0.05) is 32.7 Å². The molecule has 1 aromatic rings. The van der Waals surface area contributed by atoms with Gasteiger partial charge in [0.05, 0.1) is 12.7 Å². The van der Waals surface area contributed by atoms with Gasteiger partial charge < -0.3 is 14.4 Å². The van der Waals surface area contributed by atoms with Gasteiger partial charge in [-0.1, -0.05) is 6.07 Å². The highest BCUT2D eigenvalue weighted by atomic mass is 19.4. The van der Waals surface area contributed by atoms with Crippen LogP contribution in [0.25, 0.3) is 0 Å². The molecule has 1 fully saturated rings. The molecule has 0 saturated carbocycles. The second kappa shape index (κ2) is 8.19. The molecular weight excluding hydrogens is 341 g/mol. The van der Waals surface area contributed by atoms with Crippen molar-refractivity contribution in [1.29, 1.82) is 0 Å². The Balaban J connectivity index is 1.73. The zero-order valence-corrected chi connectivity index (χ0v) is 13.7. The van der Waals surface area contributed by atoms with E-state index in [0.717, 1.165) is 4.90 Å². The topological polar surface area (TPSA) is 59.1 Å². The average Bonchev–Trinajstić information content (AvgIpc) is 2.61. The number of carbonyl (C=O) groups is 2. The number of carbonyl (C=O) groups excluding carboxylic acids is 2. The van der Waals surface area contributed by atoms with E-state index in [-0.39, 0.29) is 19.7 Å². The Morgan fingerprint density at radius 3 is 2.44 bits per heavy atom. The number of nitrogens with zero attached hydrogens (tertiary/aromatic N) is 2. The van der Waals surface area contributed by atoms with Crippen LogP contribution in [-0.2, 0) is 9.53 Å². The van der Waals surface area contributed by atoms with Crippen LogP contribution in [0.2, 0.25) is 0 Å². The van der Waals surface area contributed by atoms with Crippen molar-refractivity contribution in [3.63, 3.8) is 0 Å². The van der Waals surface area contributed by atoms with Gasteiger partial charge in [0.15, 0.2) is 0 Å². The molecule has 0 radical (unpaired) electrons. The number of esters is 1. The van der Waals surface area contributed by atoms with Crippen LogP contribution < -0.4 is 4.74 Å². The fourth-order valence-electron chi connectivity index (χ4n) is 2.45. The maximum atomic E-state index is 12.4. The van der Waals surface area contributed by atoms with Gasteiger partial charge in [-0.25, -0.2) is 4.79 Å². The van der Waals surface area contributed by atoms with Crippen molar-refractivity contribution >= 4 is 11.9 Å². The molecular formula is C16H19F3N2O4. The third-order valence-electron chi connectivity index (χ3n) is 3.85. The predicted molar refractivity (Wildman–Crippen MR) is 82.4 cm³/mol. The van der Waals surface area contributed by atoms with Gasteiger partial charge in [0.25, 0.3) is 0 Å². The Labute approximate surface area is 143 Å². The van der Waals surface area contributed by atoms with Crippen molar-refractivity contribution in [2.45, 2.75) is 6.18 Å². The second-order valence-electron chi connectivity index (χ2n) is 5.50. The number of halogens is 3. The van der Waals surface area contributed by atoms with E-state index in [2.05, 4.69) is 0 Å². The Kier molecular flexibility index (Phi) is 6.24. The summed E-state index contributed by atoms with van der Waals surface area (Å²) in [7, 11) is 1.49. The van der Waals surface area contributed by atoms with E-state index in [4.69, 9.17) is 9.47 Å². The molecule has 25 heavy (non-hydrogen) atoms. The first kappa shape index (κ1) is 19.0. The molecule has 0 N–H and O–H groups in total. The summed E-state index contributed by atoms with van der Waals surface area (Å²) in [4.78, 5) is 25.7. The zero-order valence-electron chi connectivity index (χ0n) is 13.7. The summed E-state index contributed by atoms with van der Waals surface area (Å²) in [5.74, 6) is -1.76. The minimum absolute atomic E-state index is 0.00216. The van der Waals surface area contributed by atoms with Crippen LogP contribution >= 0.6 is 0 Å².